The summed E-state index contributed by atoms with van der Waals surface area (Å²) in [5.74, 6) is -2.79. The van der Waals surface area contributed by atoms with Crippen LogP contribution in [0.15, 0.2) is 11.5 Å². The minimum atomic E-state index is -1.79. The molecule has 12 heteroatoms. The van der Waals surface area contributed by atoms with E-state index < -0.39 is 73.6 Å². The van der Waals surface area contributed by atoms with Gasteiger partial charge < -0.3 is 50.0 Å². The number of rotatable bonds is 5. The Morgan fingerprint density at radius 2 is 1.75 bits per heavy atom. The molecule has 11 nitrogen and oxygen atoms in total. The van der Waals surface area contributed by atoms with Crippen molar-refractivity contribution in [1.29, 1.82) is 0 Å². The minimum absolute atomic E-state index is 0. The van der Waals surface area contributed by atoms with Gasteiger partial charge in [-0.15, -0.1) is 0 Å². The first kappa shape index (κ1) is 21.6. The van der Waals surface area contributed by atoms with Crippen molar-refractivity contribution >= 4 is 5.97 Å². The molecule has 0 saturated carbocycles. The molecule has 24 heavy (non-hydrogen) atoms. The molecule has 0 aromatic rings. The van der Waals surface area contributed by atoms with Crippen LogP contribution < -0.4 is 29.6 Å². The number of hydrogen-bond donors (Lipinski definition) is 7. The number of ether oxygens (including phenoxy) is 3. The topological polar surface area (TPSA) is 186 Å². The minimum Gasteiger partial charge on any atom is -0.505 e. The molecule has 7 atom stereocenters. The van der Waals surface area contributed by atoms with Crippen LogP contribution in [0.5, 0.6) is 0 Å². The molecular weight excluding hydrogens is 343 g/mol. The SMILES string of the molecule is O=C1O[C@H]([C@@H](O)CO)C(O)=C1O[C@H]1O[C@H](CO)[C@@H](O)[C@H](O)[C@H]1O.[Na+]. The Labute approximate surface area is 158 Å². The Hall–Kier alpha value is -0.470. The second-order valence-corrected chi connectivity index (χ2v) is 5.11. The molecule has 132 valence electrons. The zero-order valence-corrected chi connectivity index (χ0v) is 14.7. The van der Waals surface area contributed by atoms with Gasteiger partial charge in [0.05, 0.1) is 13.2 Å². The first-order valence-corrected chi connectivity index (χ1v) is 6.72. The van der Waals surface area contributed by atoms with Crippen molar-refractivity contribution in [3.8, 4) is 0 Å². The van der Waals surface area contributed by atoms with E-state index in [0.29, 0.717) is 0 Å². The molecule has 0 radical (unpaired) electrons. The van der Waals surface area contributed by atoms with Crippen molar-refractivity contribution in [3.63, 3.8) is 0 Å². The Balaban J connectivity index is 0.00000288. The molecule has 2 heterocycles. The summed E-state index contributed by atoms with van der Waals surface area (Å²) in [6.45, 7) is -1.50. The second kappa shape index (κ2) is 8.76. The molecule has 0 spiro atoms. The van der Waals surface area contributed by atoms with E-state index >= 15 is 0 Å². The van der Waals surface area contributed by atoms with Crippen LogP contribution in [0.1, 0.15) is 0 Å². The molecule has 2 aliphatic rings. The van der Waals surface area contributed by atoms with E-state index in [1.807, 2.05) is 0 Å². The third-order valence-electron chi connectivity index (χ3n) is 3.54. The molecule has 0 aliphatic carbocycles. The van der Waals surface area contributed by atoms with Gasteiger partial charge in [-0.2, -0.15) is 0 Å². The molecule has 0 bridgehead atoms. The fraction of sp³-hybridized carbons (Fsp3) is 0.750. The van der Waals surface area contributed by atoms with Crippen molar-refractivity contribution in [1.82, 2.24) is 0 Å². The molecule has 2 rings (SSSR count). The Kier molecular flexibility index (Phi) is 7.87. The van der Waals surface area contributed by atoms with Gasteiger partial charge in [0.25, 0.3) is 0 Å². The van der Waals surface area contributed by atoms with Crippen LogP contribution in [0.3, 0.4) is 0 Å². The number of esters is 1. The summed E-state index contributed by atoms with van der Waals surface area (Å²) in [5.41, 5.74) is 0. The summed E-state index contributed by atoms with van der Waals surface area (Å²) in [6.07, 6.45) is -11.2. The van der Waals surface area contributed by atoms with Crippen LogP contribution in [-0.2, 0) is 19.0 Å². The fourth-order valence-electron chi connectivity index (χ4n) is 2.20. The van der Waals surface area contributed by atoms with Gasteiger partial charge in [0.15, 0.2) is 11.9 Å². The van der Waals surface area contributed by atoms with Crippen molar-refractivity contribution in [2.45, 2.75) is 42.9 Å². The number of aliphatic hydroxyl groups excluding tert-OH is 7. The smallest absolute Gasteiger partial charge is 0.505 e. The average Bonchev–Trinajstić information content (AvgIpc) is 2.82. The predicted molar refractivity (Wildman–Crippen MR) is 67.5 cm³/mol. The average molecular weight is 361 g/mol. The number of aliphatic hydroxyl groups is 7. The Morgan fingerprint density at radius 3 is 2.29 bits per heavy atom. The van der Waals surface area contributed by atoms with Gasteiger partial charge in [-0.3, -0.25) is 0 Å². The number of carbonyl (C=O) groups is 1. The van der Waals surface area contributed by atoms with Gasteiger partial charge in [0.2, 0.25) is 12.0 Å². The molecule has 1 fully saturated rings. The van der Waals surface area contributed by atoms with E-state index in [2.05, 4.69) is 4.74 Å². The normalized spacial score (nSPS) is 37.7. The van der Waals surface area contributed by atoms with Gasteiger partial charge in [-0.05, 0) is 0 Å². The standard InChI is InChI=1S/C12H18O11.Na/c13-1-3(15)9-8(19)10(11(20)22-9)23-12-7(18)6(17)5(16)4(2-14)21-12;/h3-7,9,12-19H,1-2H2;/q;+1/t3-,4+,5+,6-,7+,9+,12+;/m0./s1. The third kappa shape index (κ3) is 4.02. The van der Waals surface area contributed by atoms with Gasteiger partial charge in [-0.25, -0.2) is 4.79 Å². The molecule has 0 aromatic carbocycles. The maximum atomic E-state index is 11.6. The van der Waals surface area contributed by atoms with Gasteiger partial charge in [0, 0.05) is 0 Å². The molecule has 0 amide bonds. The third-order valence-corrected chi connectivity index (χ3v) is 3.54. The summed E-state index contributed by atoms with van der Waals surface area (Å²) in [4.78, 5) is 11.6. The summed E-state index contributed by atoms with van der Waals surface area (Å²) in [7, 11) is 0. The van der Waals surface area contributed by atoms with Gasteiger partial charge >= 0.3 is 35.5 Å². The molecule has 0 unspecified atom stereocenters. The zero-order chi connectivity index (χ0) is 17.3. The summed E-state index contributed by atoms with van der Waals surface area (Å²) < 4.78 is 14.6. The molecule has 2 aliphatic heterocycles. The van der Waals surface area contributed by atoms with Gasteiger partial charge in [-0.1, -0.05) is 0 Å². The van der Waals surface area contributed by atoms with Crippen LogP contribution >= 0.6 is 0 Å². The fourth-order valence-corrected chi connectivity index (χ4v) is 2.20. The summed E-state index contributed by atoms with van der Waals surface area (Å²) in [6, 6.07) is 0. The molecule has 0 aromatic heterocycles. The van der Waals surface area contributed by atoms with E-state index in [-0.39, 0.29) is 29.6 Å². The van der Waals surface area contributed by atoms with E-state index in [4.69, 9.17) is 19.7 Å². The Morgan fingerprint density at radius 1 is 1.12 bits per heavy atom. The monoisotopic (exact) mass is 361 g/mol. The van der Waals surface area contributed by atoms with Crippen LogP contribution in [0.4, 0.5) is 0 Å². The van der Waals surface area contributed by atoms with E-state index in [0.717, 1.165) is 0 Å². The van der Waals surface area contributed by atoms with E-state index in [9.17, 15) is 30.3 Å². The quantitative estimate of drug-likeness (QED) is 0.182. The number of carbonyl (C=O) groups excluding carboxylic acids is 1. The van der Waals surface area contributed by atoms with Crippen molar-refractivity contribution in [3.05, 3.63) is 11.5 Å². The first-order valence-electron chi connectivity index (χ1n) is 6.72. The largest absolute Gasteiger partial charge is 1.00 e. The van der Waals surface area contributed by atoms with E-state index in [1.54, 1.807) is 0 Å². The number of cyclic esters (lactones) is 1. The maximum absolute atomic E-state index is 11.6. The maximum Gasteiger partial charge on any atom is 1.00 e. The van der Waals surface area contributed by atoms with Crippen LogP contribution in [0.25, 0.3) is 0 Å². The van der Waals surface area contributed by atoms with E-state index in [1.165, 1.54) is 0 Å². The van der Waals surface area contributed by atoms with Crippen LogP contribution in [0, 0.1) is 0 Å². The summed E-state index contributed by atoms with van der Waals surface area (Å²) >= 11 is 0. The zero-order valence-electron chi connectivity index (χ0n) is 12.7. The second-order valence-electron chi connectivity index (χ2n) is 5.11. The van der Waals surface area contributed by atoms with Crippen molar-refractivity contribution in [2.24, 2.45) is 0 Å². The van der Waals surface area contributed by atoms with Crippen LogP contribution in [0.2, 0.25) is 0 Å². The Bertz CT molecular complexity index is 482. The predicted octanol–water partition coefficient (Wildman–Crippen LogP) is -7.14. The van der Waals surface area contributed by atoms with Crippen LogP contribution in [-0.4, -0.2) is 97.8 Å². The first-order chi connectivity index (χ1) is 10.8. The van der Waals surface area contributed by atoms with Gasteiger partial charge in [0.1, 0.15) is 30.5 Å². The summed E-state index contributed by atoms with van der Waals surface area (Å²) in [5, 5.41) is 66.1. The molecular formula is C12H18NaO11+. The van der Waals surface area contributed by atoms with Crippen molar-refractivity contribution < 1.29 is 84.3 Å². The molecule has 1 saturated heterocycles. The molecule has 7 N–H and O–H groups in total. The van der Waals surface area contributed by atoms with Crippen molar-refractivity contribution in [2.75, 3.05) is 13.2 Å². The number of hydrogen-bond acceptors (Lipinski definition) is 11.